The third-order valence-corrected chi connectivity index (χ3v) is 11.7. The van der Waals surface area contributed by atoms with E-state index < -0.39 is 10.1 Å². The molecule has 6 rings (SSSR count). The monoisotopic (exact) mass is 591 g/mol. The van der Waals surface area contributed by atoms with E-state index in [-0.39, 0.29) is 10.9 Å². The molecule has 6 heteroatoms. The van der Waals surface area contributed by atoms with Crippen molar-refractivity contribution >= 4 is 16.1 Å². The fraction of sp³-hybridized carbons (Fsp3) is 0.639. The maximum absolute atomic E-state index is 14.5. The highest BCUT2D eigenvalue weighted by Gasteiger charge is 2.33. The summed E-state index contributed by atoms with van der Waals surface area (Å²) in [5.41, 5.74) is 6.47. The minimum atomic E-state index is -4.61. The van der Waals surface area contributed by atoms with Crippen molar-refractivity contribution in [1.29, 1.82) is 0 Å². The number of fused-ring (bicyclic) bond motifs is 1. The highest BCUT2D eigenvalue weighted by molar-refractivity contribution is 7.85. The molecular weight excluding hydrogens is 544 g/mol. The van der Waals surface area contributed by atoms with Gasteiger partial charge >= 0.3 is 5.97 Å². The average Bonchev–Trinajstić information content (AvgIpc) is 3.02. The van der Waals surface area contributed by atoms with Crippen LogP contribution in [0.4, 0.5) is 0 Å². The highest BCUT2D eigenvalue weighted by atomic mass is 32.2. The molecule has 3 fully saturated rings. The fourth-order valence-corrected chi connectivity index (χ4v) is 9.46. The van der Waals surface area contributed by atoms with Gasteiger partial charge in [0.2, 0.25) is 0 Å². The summed E-state index contributed by atoms with van der Waals surface area (Å²) < 4.78 is 42.9. The van der Waals surface area contributed by atoms with Gasteiger partial charge in [-0.3, -0.25) is 0 Å². The van der Waals surface area contributed by atoms with Gasteiger partial charge in [0.25, 0.3) is 0 Å². The van der Waals surface area contributed by atoms with Crippen molar-refractivity contribution < 1.29 is 22.5 Å². The van der Waals surface area contributed by atoms with E-state index in [0.29, 0.717) is 47.5 Å². The van der Waals surface area contributed by atoms with Gasteiger partial charge in [-0.25, -0.2) is 13.2 Å². The smallest absolute Gasteiger partial charge is 0.344 e. The van der Waals surface area contributed by atoms with E-state index in [9.17, 15) is 17.8 Å². The van der Waals surface area contributed by atoms with Crippen molar-refractivity contribution in [3.8, 4) is 5.75 Å². The van der Waals surface area contributed by atoms with Crippen LogP contribution in [-0.2, 0) is 23.0 Å². The Labute approximate surface area is 252 Å². The van der Waals surface area contributed by atoms with Crippen LogP contribution in [0.5, 0.6) is 5.75 Å². The third-order valence-electron chi connectivity index (χ3n) is 10.8. The van der Waals surface area contributed by atoms with Crippen molar-refractivity contribution in [2.75, 3.05) is 0 Å². The van der Waals surface area contributed by atoms with E-state index in [4.69, 9.17) is 4.74 Å². The second-order valence-corrected chi connectivity index (χ2v) is 15.0. The fourth-order valence-electron chi connectivity index (χ4n) is 8.61. The largest absolute Gasteiger partial charge is 0.744 e. The van der Waals surface area contributed by atoms with Crippen LogP contribution >= 0.6 is 0 Å². The maximum atomic E-state index is 14.5. The maximum Gasteiger partial charge on any atom is 0.344 e. The van der Waals surface area contributed by atoms with E-state index >= 15 is 0 Å². The van der Waals surface area contributed by atoms with Crippen LogP contribution in [0.1, 0.15) is 171 Å². The second-order valence-electron chi connectivity index (χ2n) is 13.6. The Kier molecular flexibility index (Phi) is 9.12. The van der Waals surface area contributed by atoms with Crippen molar-refractivity contribution in [3.63, 3.8) is 0 Å². The first kappa shape index (κ1) is 29.9. The molecule has 0 saturated heterocycles. The number of ether oxygens (including phenoxy) is 1. The molecular formula is C36H47O5S-. The van der Waals surface area contributed by atoms with Crippen LogP contribution < -0.4 is 4.74 Å². The standard InChI is InChI=1S/C36H48O5S/c1-24-21-33(42(38,39)40)29-19-11-12-20-30(29)35(24)41-36(37)34-31(26-15-7-3-8-16-26)22-28(25-13-5-2-6-14-25)23-32(34)27-17-9-4-10-18-27/h21-23,25-27H,2-20H2,1H3,(H,38,39,40)/p-1. The molecule has 0 aromatic heterocycles. The van der Waals surface area contributed by atoms with Gasteiger partial charge in [-0.05, 0) is 128 Å². The summed E-state index contributed by atoms with van der Waals surface area (Å²) in [5.74, 6) is 1.50. The van der Waals surface area contributed by atoms with Gasteiger partial charge in [0.1, 0.15) is 15.9 Å². The van der Waals surface area contributed by atoms with Crippen LogP contribution in [0.25, 0.3) is 0 Å². The molecule has 0 heterocycles. The molecule has 0 atom stereocenters. The Morgan fingerprint density at radius 1 is 0.690 bits per heavy atom. The molecule has 0 amide bonds. The summed E-state index contributed by atoms with van der Waals surface area (Å²) in [6.07, 6.45) is 21.0. The van der Waals surface area contributed by atoms with Crippen molar-refractivity contribution in [3.05, 3.63) is 57.1 Å². The number of rotatable bonds is 6. The highest BCUT2D eigenvalue weighted by Crippen LogP contribution is 2.45. The number of aryl methyl sites for hydroxylation is 1. The summed E-state index contributed by atoms with van der Waals surface area (Å²) in [7, 11) is -4.61. The van der Waals surface area contributed by atoms with Crippen molar-refractivity contribution in [2.24, 2.45) is 0 Å². The SMILES string of the molecule is Cc1cc(S(=O)(=O)[O-])c2c(c1OC(=O)c1c(C3CCCCC3)cc(C3CCCCC3)cc1C1CCCCC1)CCCC2. The molecule has 5 nitrogen and oxygen atoms in total. The lowest BCUT2D eigenvalue weighted by Crippen LogP contribution is -2.22. The molecule has 0 aliphatic heterocycles. The van der Waals surface area contributed by atoms with Gasteiger partial charge in [0.15, 0.2) is 0 Å². The number of esters is 1. The Bertz CT molecular complexity index is 1370. The molecule has 0 spiro atoms. The Morgan fingerprint density at radius 3 is 1.67 bits per heavy atom. The van der Waals surface area contributed by atoms with Crippen LogP contribution in [0.15, 0.2) is 23.1 Å². The second kappa shape index (κ2) is 12.8. The number of carbonyl (C=O) groups is 1. The zero-order valence-electron chi connectivity index (χ0n) is 25.3. The van der Waals surface area contributed by atoms with Gasteiger partial charge in [-0.1, -0.05) is 69.9 Å². The Morgan fingerprint density at radius 2 is 1.17 bits per heavy atom. The summed E-state index contributed by atoms with van der Waals surface area (Å²) >= 11 is 0. The normalized spacial score (nSPS) is 21.2. The number of hydrogen-bond donors (Lipinski definition) is 0. The zero-order valence-corrected chi connectivity index (χ0v) is 26.2. The molecule has 228 valence electrons. The Hall–Kier alpha value is -2.18. The van der Waals surface area contributed by atoms with Crippen LogP contribution in [0.3, 0.4) is 0 Å². The lowest BCUT2D eigenvalue weighted by Gasteiger charge is -2.32. The number of hydrogen-bond acceptors (Lipinski definition) is 5. The van der Waals surface area contributed by atoms with Crippen LogP contribution in [0, 0.1) is 6.92 Å². The molecule has 0 bridgehead atoms. The predicted octanol–water partition coefficient (Wildman–Crippen LogP) is 9.14. The first-order valence-electron chi connectivity index (χ1n) is 16.8. The van der Waals surface area contributed by atoms with E-state index in [1.54, 1.807) is 6.92 Å². The van der Waals surface area contributed by atoms with Gasteiger partial charge < -0.3 is 9.29 Å². The van der Waals surface area contributed by atoms with Gasteiger partial charge in [0, 0.05) is 0 Å². The number of carbonyl (C=O) groups excluding carboxylic acids is 1. The van der Waals surface area contributed by atoms with E-state index in [1.165, 1.54) is 93.4 Å². The van der Waals surface area contributed by atoms with Crippen molar-refractivity contribution in [1.82, 2.24) is 0 Å². The first-order valence-corrected chi connectivity index (χ1v) is 18.2. The molecule has 2 aromatic rings. The lowest BCUT2D eigenvalue weighted by molar-refractivity contribution is 0.0727. The minimum absolute atomic E-state index is 0.142. The zero-order chi connectivity index (χ0) is 29.3. The van der Waals surface area contributed by atoms with Crippen molar-refractivity contribution in [2.45, 2.75) is 152 Å². The first-order chi connectivity index (χ1) is 20.3. The van der Waals surface area contributed by atoms with E-state index in [0.717, 1.165) is 49.7 Å². The molecule has 2 aromatic carbocycles. The third kappa shape index (κ3) is 6.22. The molecule has 4 aliphatic rings. The number of benzene rings is 2. The topological polar surface area (TPSA) is 83.5 Å². The molecule has 3 saturated carbocycles. The van der Waals surface area contributed by atoms with Crippen LogP contribution in [-0.4, -0.2) is 18.9 Å². The summed E-state index contributed by atoms with van der Waals surface area (Å²) in [6, 6.07) is 6.22. The Balaban J connectivity index is 1.47. The summed E-state index contributed by atoms with van der Waals surface area (Å²) in [6.45, 7) is 1.77. The minimum Gasteiger partial charge on any atom is -0.744 e. The van der Waals surface area contributed by atoms with E-state index in [2.05, 4.69) is 12.1 Å². The summed E-state index contributed by atoms with van der Waals surface area (Å²) in [5, 5.41) is 0. The molecule has 0 N–H and O–H groups in total. The average molecular weight is 592 g/mol. The van der Waals surface area contributed by atoms with Crippen LogP contribution in [0.2, 0.25) is 0 Å². The predicted molar refractivity (Wildman–Crippen MR) is 165 cm³/mol. The lowest BCUT2D eigenvalue weighted by atomic mass is 9.73. The summed E-state index contributed by atoms with van der Waals surface area (Å²) in [4.78, 5) is 14.4. The molecule has 42 heavy (non-hydrogen) atoms. The molecule has 0 radical (unpaired) electrons. The van der Waals surface area contributed by atoms with Gasteiger partial charge in [0.05, 0.1) is 10.5 Å². The molecule has 4 aliphatic carbocycles. The quantitative estimate of drug-likeness (QED) is 0.190. The van der Waals surface area contributed by atoms with E-state index in [1.807, 2.05) is 0 Å². The van der Waals surface area contributed by atoms with Gasteiger partial charge in [-0.2, -0.15) is 0 Å². The molecule has 0 unspecified atom stereocenters. The van der Waals surface area contributed by atoms with Gasteiger partial charge in [-0.15, -0.1) is 0 Å².